The second-order valence-electron chi connectivity index (χ2n) is 16.0. The Morgan fingerprint density at radius 1 is 0.274 bits per heavy atom. The highest BCUT2D eigenvalue weighted by Crippen LogP contribution is 2.47. The van der Waals surface area contributed by atoms with Crippen molar-refractivity contribution in [3.63, 3.8) is 0 Å². The van der Waals surface area contributed by atoms with Crippen molar-refractivity contribution in [1.29, 1.82) is 0 Å². The lowest BCUT2D eigenvalue weighted by Gasteiger charge is -2.14. The molecule has 3 aromatic heterocycles. The Bertz CT molecular complexity index is 3830. The Kier molecular flexibility index (Phi) is 7.54. The fraction of sp³-hybridized carbons (Fsp3) is 0. The lowest BCUT2D eigenvalue weighted by Crippen LogP contribution is -2.06. The van der Waals surface area contributed by atoms with E-state index in [1.807, 2.05) is 24.3 Å². The molecule has 0 aliphatic carbocycles. The first-order valence-corrected chi connectivity index (χ1v) is 21.0. The Balaban J connectivity index is 1.04. The van der Waals surface area contributed by atoms with Crippen LogP contribution in [0.15, 0.2) is 212 Å². The molecule has 0 aliphatic heterocycles. The Hall–Kier alpha value is -8.41. The van der Waals surface area contributed by atoms with E-state index in [9.17, 15) is 0 Å². The predicted molar refractivity (Wildman–Crippen MR) is 256 cm³/mol. The van der Waals surface area contributed by atoms with Crippen LogP contribution in [0, 0.1) is 0 Å². The van der Waals surface area contributed by atoms with Crippen molar-refractivity contribution in [1.82, 2.24) is 24.1 Å². The average Bonchev–Trinajstić information content (AvgIpc) is 3.87. The quantitative estimate of drug-likeness (QED) is 0.158. The summed E-state index contributed by atoms with van der Waals surface area (Å²) in [6.07, 6.45) is 0. The van der Waals surface area contributed by atoms with Crippen LogP contribution in [0.1, 0.15) is 0 Å². The molecule has 0 spiro atoms. The highest BCUT2D eigenvalue weighted by atomic mass is 15.2. The highest BCUT2D eigenvalue weighted by Gasteiger charge is 2.23. The summed E-state index contributed by atoms with van der Waals surface area (Å²) in [6.45, 7) is 0. The Morgan fingerprint density at radius 3 is 1.53 bits per heavy atom. The zero-order valence-corrected chi connectivity index (χ0v) is 33.4. The molecule has 0 saturated heterocycles. The van der Waals surface area contributed by atoms with Crippen LogP contribution in [-0.2, 0) is 0 Å². The van der Waals surface area contributed by atoms with Crippen LogP contribution in [-0.4, -0.2) is 24.1 Å². The Morgan fingerprint density at radius 2 is 0.774 bits per heavy atom. The third kappa shape index (κ3) is 5.18. The summed E-state index contributed by atoms with van der Waals surface area (Å²) in [7, 11) is 0. The van der Waals surface area contributed by atoms with E-state index in [0.29, 0.717) is 17.6 Å². The maximum Gasteiger partial charge on any atom is 0.238 e. The molecule has 0 amide bonds. The van der Waals surface area contributed by atoms with E-state index in [-0.39, 0.29) is 0 Å². The van der Waals surface area contributed by atoms with Gasteiger partial charge in [-0.15, -0.1) is 0 Å². The maximum absolute atomic E-state index is 5.24. The number of hydrogen-bond acceptors (Lipinski definition) is 3. The van der Waals surface area contributed by atoms with Gasteiger partial charge in [-0.1, -0.05) is 170 Å². The number of nitrogens with zero attached hydrogens (tertiary/aromatic N) is 5. The molecule has 13 rings (SSSR count). The summed E-state index contributed by atoms with van der Waals surface area (Å²) in [5.41, 5.74) is 12.2. The molecule has 3 heterocycles. The van der Waals surface area contributed by atoms with Gasteiger partial charge in [0.05, 0.1) is 22.1 Å². The fourth-order valence-corrected chi connectivity index (χ4v) is 9.79. The minimum Gasteiger partial charge on any atom is -0.309 e. The molecular formula is C57H35N5. The molecule has 5 heteroatoms. The van der Waals surface area contributed by atoms with Crippen LogP contribution in [0.3, 0.4) is 0 Å². The van der Waals surface area contributed by atoms with Crippen LogP contribution in [0.25, 0.3) is 122 Å². The first kappa shape index (κ1) is 34.5. The number of rotatable bonds is 6. The van der Waals surface area contributed by atoms with E-state index in [1.54, 1.807) is 0 Å². The van der Waals surface area contributed by atoms with Crippen LogP contribution >= 0.6 is 0 Å². The molecule has 0 fully saturated rings. The number of fused-ring (bicyclic) bond motifs is 6. The second kappa shape index (κ2) is 13.6. The molecule has 0 radical (unpaired) electrons. The van der Waals surface area contributed by atoms with E-state index in [4.69, 9.17) is 15.0 Å². The van der Waals surface area contributed by atoms with Crippen molar-refractivity contribution in [3.8, 4) is 56.7 Å². The molecule has 10 aromatic carbocycles. The van der Waals surface area contributed by atoms with E-state index in [2.05, 4.69) is 197 Å². The number of para-hydroxylation sites is 2. The van der Waals surface area contributed by atoms with Crippen LogP contribution in [0.4, 0.5) is 0 Å². The molecule has 5 nitrogen and oxygen atoms in total. The van der Waals surface area contributed by atoms with Crippen LogP contribution in [0.2, 0.25) is 0 Å². The molecule has 62 heavy (non-hydrogen) atoms. The molecule has 0 unspecified atom stereocenters. The van der Waals surface area contributed by atoms with Crippen molar-refractivity contribution >= 4 is 65.2 Å². The van der Waals surface area contributed by atoms with Gasteiger partial charge in [-0.05, 0) is 80.9 Å². The van der Waals surface area contributed by atoms with Gasteiger partial charge in [0, 0.05) is 43.7 Å². The molecule has 0 N–H and O–H groups in total. The summed E-state index contributed by atoms with van der Waals surface area (Å²) < 4.78 is 4.63. The molecule has 0 saturated carbocycles. The average molecular weight is 790 g/mol. The van der Waals surface area contributed by atoms with Gasteiger partial charge < -0.3 is 4.57 Å². The van der Waals surface area contributed by atoms with Crippen molar-refractivity contribution in [2.24, 2.45) is 0 Å². The molecule has 0 aliphatic rings. The molecule has 13 aromatic rings. The fourth-order valence-electron chi connectivity index (χ4n) is 9.79. The summed E-state index contributed by atoms with van der Waals surface area (Å²) in [4.78, 5) is 15.5. The van der Waals surface area contributed by atoms with Crippen molar-refractivity contribution in [2.75, 3.05) is 0 Å². The van der Waals surface area contributed by atoms with Crippen LogP contribution < -0.4 is 0 Å². The maximum atomic E-state index is 5.24. The normalized spacial score (nSPS) is 11.9. The van der Waals surface area contributed by atoms with E-state index in [0.717, 1.165) is 49.7 Å². The predicted octanol–water partition coefficient (Wildman–Crippen LogP) is 14.5. The number of benzene rings is 10. The zero-order chi connectivity index (χ0) is 40.7. The second-order valence-corrected chi connectivity index (χ2v) is 16.0. The SMILES string of the molecule is c1ccc(-c2ccc(-c3nc(-c4ccccc4)nc(-n4c5ccccc5c5cc(-c6ccc7c8c6c6ccccc6c6cccc(c68)n7-c6ccccc6)ccc54)n3)cc2)cc1. The lowest BCUT2D eigenvalue weighted by atomic mass is 9.89. The van der Waals surface area contributed by atoms with Gasteiger partial charge in [-0.25, -0.2) is 4.98 Å². The van der Waals surface area contributed by atoms with Crippen molar-refractivity contribution in [3.05, 3.63) is 212 Å². The molecular weight excluding hydrogens is 755 g/mol. The first-order valence-electron chi connectivity index (χ1n) is 21.0. The third-order valence-corrected chi connectivity index (χ3v) is 12.5. The largest absolute Gasteiger partial charge is 0.309 e. The van der Waals surface area contributed by atoms with Crippen molar-refractivity contribution < 1.29 is 0 Å². The molecule has 0 bridgehead atoms. The van der Waals surface area contributed by atoms with Gasteiger partial charge in [-0.3, -0.25) is 4.57 Å². The summed E-state index contributed by atoms with van der Waals surface area (Å²) in [5, 5.41) is 9.93. The van der Waals surface area contributed by atoms with E-state index < -0.39 is 0 Å². The van der Waals surface area contributed by atoms with Gasteiger partial charge in [-0.2, -0.15) is 9.97 Å². The first-order chi connectivity index (χ1) is 30.8. The Labute approximate surface area is 356 Å². The minimum absolute atomic E-state index is 0.576. The number of hydrogen-bond donors (Lipinski definition) is 0. The summed E-state index contributed by atoms with van der Waals surface area (Å²) in [5.74, 6) is 1.82. The molecule has 288 valence electrons. The van der Waals surface area contributed by atoms with Gasteiger partial charge in [0.15, 0.2) is 11.6 Å². The van der Waals surface area contributed by atoms with E-state index in [1.165, 1.54) is 54.5 Å². The standard InChI is InChI=1S/C57H35N5/c1-4-15-36(16-5-1)37-27-29-39(30-28-37)56-58-55(38-17-6-2-7-18-38)59-57(60-56)62-48-25-13-12-22-44(48)47-35-40(31-33-49(47)62)42-32-34-51-54-52(42)45-23-11-10-21-43(45)46-24-14-26-50(53(46)54)61(51)41-19-8-3-9-20-41/h1-35H. The van der Waals surface area contributed by atoms with Crippen molar-refractivity contribution in [2.45, 2.75) is 0 Å². The molecule has 0 atom stereocenters. The van der Waals surface area contributed by atoms with Gasteiger partial charge >= 0.3 is 0 Å². The smallest absolute Gasteiger partial charge is 0.238 e. The number of aromatic nitrogens is 5. The summed E-state index contributed by atoms with van der Waals surface area (Å²) >= 11 is 0. The highest BCUT2D eigenvalue weighted by molar-refractivity contribution is 6.36. The summed E-state index contributed by atoms with van der Waals surface area (Å²) in [6, 6.07) is 75.6. The van der Waals surface area contributed by atoms with Gasteiger partial charge in [0.25, 0.3) is 0 Å². The van der Waals surface area contributed by atoms with Crippen LogP contribution in [0.5, 0.6) is 0 Å². The van der Waals surface area contributed by atoms with Gasteiger partial charge in [0.2, 0.25) is 5.95 Å². The van der Waals surface area contributed by atoms with E-state index >= 15 is 0 Å². The monoisotopic (exact) mass is 789 g/mol. The lowest BCUT2D eigenvalue weighted by molar-refractivity contribution is 0.953. The minimum atomic E-state index is 0.576. The topological polar surface area (TPSA) is 48.5 Å². The zero-order valence-electron chi connectivity index (χ0n) is 33.4. The van der Waals surface area contributed by atoms with Gasteiger partial charge in [0.1, 0.15) is 0 Å². The third-order valence-electron chi connectivity index (χ3n) is 12.5.